The van der Waals surface area contributed by atoms with Gasteiger partial charge in [-0.15, -0.1) is 0 Å². The van der Waals surface area contributed by atoms with Crippen LogP contribution in [0.5, 0.6) is 0 Å². The number of carbonyl (C=O) groups excluding carboxylic acids is 1. The Kier molecular flexibility index (Phi) is 6.07. The molecule has 0 radical (unpaired) electrons. The molecule has 0 aromatic carbocycles. The lowest BCUT2D eigenvalue weighted by Gasteiger charge is -2.00. The van der Waals surface area contributed by atoms with Gasteiger partial charge in [0.1, 0.15) is 0 Å². The minimum absolute atomic E-state index is 0.214. The fourth-order valence-electron chi connectivity index (χ4n) is 0.899. The van der Waals surface area contributed by atoms with E-state index in [1.807, 2.05) is 0 Å². The Bertz CT molecular complexity index is 250. The molecule has 0 saturated heterocycles. The van der Waals surface area contributed by atoms with Gasteiger partial charge in [-0.05, 0) is 6.42 Å². The zero-order valence-electron chi connectivity index (χ0n) is 7.55. The van der Waals surface area contributed by atoms with E-state index in [4.69, 9.17) is 10.7 Å². The van der Waals surface area contributed by atoms with Crippen molar-refractivity contribution < 1.29 is 13.2 Å². The van der Waals surface area contributed by atoms with Crippen molar-refractivity contribution in [3.8, 4) is 0 Å². The first-order valence-corrected chi connectivity index (χ1v) is 6.52. The zero-order chi connectivity index (χ0) is 10.3. The van der Waals surface area contributed by atoms with Crippen molar-refractivity contribution in [2.45, 2.75) is 39.0 Å². The molecule has 0 heterocycles. The Balaban J connectivity index is 3.53. The number of nitrogens with one attached hydrogen (secondary N) is 1. The van der Waals surface area contributed by atoms with E-state index < -0.39 is 15.1 Å². The highest BCUT2D eigenvalue weighted by Crippen LogP contribution is 2.02. The summed E-state index contributed by atoms with van der Waals surface area (Å²) in [5.41, 5.74) is 0. The van der Waals surface area contributed by atoms with E-state index in [1.54, 1.807) is 4.72 Å². The van der Waals surface area contributed by atoms with Gasteiger partial charge in [0.15, 0.2) is 0 Å². The summed E-state index contributed by atoms with van der Waals surface area (Å²) < 4.78 is 22.4. The number of carbonyl (C=O) groups is 1. The van der Waals surface area contributed by atoms with Crippen molar-refractivity contribution in [2.24, 2.45) is 0 Å². The molecule has 6 heteroatoms. The first-order valence-electron chi connectivity index (χ1n) is 4.21. The van der Waals surface area contributed by atoms with Crippen LogP contribution in [-0.4, -0.2) is 14.3 Å². The van der Waals surface area contributed by atoms with E-state index >= 15 is 0 Å². The molecule has 0 bridgehead atoms. The molecule has 4 nitrogen and oxygen atoms in total. The Morgan fingerprint density at radius 3 is 2.38 bits per heavy atom. The molecule has 1 amide bonds. The van der Waals surface area contributed by atoms with Crippen molar-refractivity contribution in [3.63, 3.8) is 0 Å². The molecular weight excluding hydrogens is 214 g/mol. The standard InChI is InChI=1S/C7H14ClNO3S/c1-2-3-4-5-6-7(10)9-13(8,11)12/h2-6H2,1H3,(H,9,10). The van der Waals surface area contributed by atoms with Crippen molar-refractivity contribution in [1.82, 2.24) is 4.72 Å². The Morgan fingerprint density at radius 1 is 1.31 bits per heavy atom. The van der Waals surface area contributed by atoms with E-state index in [2.05, 4.69) is 6.92 Å². The third-order valence-electron chi connectivity index (χ3n) is 1.49. The van der Waals surface area contributed by atoms with E-state index in [1.165, 1.54) is 0 Å². The summed E-state index contributed by atoms with van der Waals surface area (Å²) in [6, 6.07) is 0. The predicted octanol–water partition coefficient (Wildman–Crippen LogP) is 1.56. The van der Waals surface area contributed by atoms with Crippen LogP contribution in [-0.2, 0) is 14.0 Å². The predicted molar refractivity (Wildman–Crippen MR) is 51.7 cm³/mol. The van der Waals surface area contributed by atoms with Gasteiger partial charge < -0.3 is 0 Å². The van der Waals surface area contributed by atoms with E-state index in [9.17, 15) is 13.2 Å². The lowest BCUT2D eigenvalue weighted by molar-refractivity contribution is -0.119. The molecule has 1 N–H and O–H groups in total. The van der Waals surface area contributed by atoms with Crippen LogP contribution >= 0.6 is 10.7 Å². The summed E-state index contributed by atoms with van der Waals surface area (Å²) >= 11 is 0. The Morgan fingerprint density at radius 2 is 1.92 bits per heavy atom. The summed E-state index contributed by atoms with van der Waals surface area (Å²) in [6.45, 7) is 2.06. The highest BCUT2D eigenvalue weighted by Gasteiger charge is 2.09. The third-order valence-corrected chi connectivity index (χ3v) is 2.20. The molecule has 0 fully saturated rings. The normalized spacial score (nSPS) is 11.2. The molecule has 0 aromatic heterocycles. The molecule has 0 rings (SSSR count). The molecule has 0 saturated carbocycles. The molecule has 0 aromatic rings. The minimum atomic E-state index is -3.89. The molecule has 0 aliphatic rings. The third kappa shape index (κ3) is 9.63. The average molecular weight is 228 g/mol. The van der Waals surface area contributed by atoms with Crippen molar-refractivity contribution in [3.05, 3.63) is 0 Å². The highest BCUT2D eigenvalue weighted by molar-refractivity contribution is 8.12. The van der Waals surface area contributed by atoms with Crippen LogP contribution < -0.4 is 4.72 Å². The minimum Gasteiger partial charge on any atom is -0.274 e. The summed E-state index contributed by atoms with van der Waals surface area (Å²) in [4.78, 5) is 10.8. The van der Waals surface area contributed by atoms with Crippen LogP contribution in [0.4, 0.5) is 0 Å². The van der Waals surface area contributed by atoms with Gasteiger partial charge in [-0.25, -0.2) is 4.72 Å². The van der Waals surface area contributed by atoms with Gasteiger partial charge in [0.2, 0.25) is 5.91 Å². The lowest BCUT2D eigenvalue weighted by atomic mass is 10.1. The maximum atomic E-state index is 10.8. The Labute approximate surface area is 83.2 Å². The van der Waals surface area contributed by atoms with Crippen LogP contribution in [0.25, 0.3) is 0 Å². The van der Waals surface area contributed by atoms with Gasteiger partial charge in [-0.2, -0.15) is 8.42 Å². The number of hydrogen-bond acceptors (Lipinski definition) is 3. The van der Waals surface area contributed by atoms with Crippen molar-refractivity contribution >= 4 is 25.8 Å². The van der Waals surface area contributed by atoms with Crippen LogP contribution in [0.1, 0.15) is 39.0 Å². The highest BCUT2D eigenvalue weighted by atomic mass is 35.7. The molecule has 0 aliphatic carbocycles. The molecule has 0 aliphatic heterocycles. The molecular formula is C7H14ClNO3S. The maximum Gasteiger partial charge on any atom is 0.321 e. The smallest absolute Gasteiger partial charge is 0.274 e. The maximum absolute atomic E-state index is 10.8. The largest absolute Gasteiger partial charge is 0.321 e. The monoisotopic (exact) mass is 227 g/mol. The summed E-state index contributed by atoms with van der Waals surface area (Å²) in [6.07, 6.45) is 3.99. The second kappa shape index (κ2) is 6.21. The first-order chi connectivity index (χ1) is 5.95. The van der Waals surface area contributed by atoms with Gasteiger partial charge in [-0.3, -0.25) is 4.79 Å². The fourth-order valence-corrected chi connectivity index (χ4v) is 1.53. The fraction of sp³-hybridized carbons (Fsp3) is 0.857. The molecule has 13 heavy (non-hydrogen) atoms. The molecule has 0 unspecified atom stereocenters. The summed E-state index contributed by atoms with van der Waals surface area (Å²) in [5.74, 6) is -0.536. The topological polar surface area (TPSA) is 63.2 Å². The molecule has 0 spiro atoms. The van der Waals surface area contributed by atoms with Gasteiger partial charge in [0, 0.05) is 17.1 Å². The van der Waals surface area contributed by atoms with E-state index in [0.717, 1.165) is 19.3 Å². The quantitative estimate of drug-likeness (QED) is 0.553. The van der Waals surface area contributed by atoms with Gasteiger partial charge in [-0.1, -0.05) is 26.2 Å². The number of rotatable bonds is 6. The van der Waals surface area contributed by atoms with Crippen molar-refractivity contribution in [2.75, 3.05) is 0 Å². The number of unbranched alkanes of at least 4 members (excludes halogenated alkanes) is 3. The second-order valence-electron chi connectivity index (χ2n) is 2.77. The SMILES string of the molecule is CCCCCCC(=O)NS(=O)(=O)Cl. The number of amides is 1. The van der Waals surface area contributed by atoms with Crippen LogP contribution in [0.3, 0.4) is 0 Å². The first kappa shape index (κ1) is 12.7. The van der Waals surface area contributed by atoms with E-state index in [0.29, 0.717) is 6.42 Å². The van der Waals surface area contributed by atoms with Crippen LogP contribution in [0.15, 0.2) is 0 Å². The van der Waals surface area contributed by atoms with Crippen LogP contribution in [0, 0.1) is 0 Å². The number of hydrogen-bond donors (Lipinski definition) is 1. The Hall–Kier alpha value is -0.290. The summed E-state index contributed by atoms with van der Waals surface area (Å²) in [5, 5.41) is 0. The lowest BCUT2D eigenvalue weighted by Crippen LogP contribution is -2.26. The zero-order valence-corrected chi connectivity index (χ0v) is 9.12. The molecule has 78 valence electrons. The summed E-state index contributed by atoms with van der Waals surface area (Å²) in [7, 11) is 0.915. The van der Waals surface area contributed by atoms with Crippen LogP contribution in [0.2, 0.25) is 0 Å². The number of halogens is 1. The van der Waals surface area contributed by atoms with Gasteiger partial charge in [0.25, 0.3) is 0 Å². The average Bonchev–Trinajstić information content (AvgIpc) is 1.94. The molecule has 0 atom stereocenters. The second-order valence-corrected chi connectivity index (χ2v) is 5.07. The van der Waals surface area contributed by atoms with Gasteiger partial charge in [0.05, 0.1) is 0 Å². The van der Waals surface area contributed by atoms with Crippen molar-refractivity contribution in [1.29, 1.82) is 0 Å². The van der Waals surface area contributed by atoms with Gasteiger partial charge >= 0.3 is 9.24 Å². The van der Waals surface area contributed by atoms with E-state index in [-0.39, 0.29) is 6.42 Å².